The largest absolute Gasteiger partial charge is 0.481 e. The summed E-state index contributed by atoms with van der Waals surface area (Å²) in [6, 6.07) is 3.75. The van der Waals surface area contributed by atoms with Crippen molar-refractivity contribution in [1.29, 1.82) is 0 Å². The Kier molecular flexibility index (Phi) is 2.85. The maximum absolute atomic E-state index is 6.03. The maximum Gasteiger partial charge on any atom is 0.217 e. The Bertz CT molecular complexity index is 364. The first-order valence-electron chi connectivity index (χ1n) is 5.11. The molecule has 1 saturated carbocycles. The summed E-state index contributed by atoms with van der Waals surface area (Å²) in [5.41, 5.74) is 7.18. The van der Waals surface area contributed by atoms with Crippen molar-refractivity contribution in [2.45, 2.75) is 31.2 Å². The van der Waals surface area contributed by atoms with Crippen molar-refractivity contribution in [1.82, 2.24) is 4.98 Å². The van der Waals surface area contributed by atoms with E-state index in [1.54, 1.807) is 13.2 Å². The van der Waals surface area contributed by atoms with Crippen LogP contribution in [-0.4, -0.2) is 17.6 Å². The molecule has 82 valence electrons. The van der Waals surface area contributed by atoms with Crippen molar-refractivity contribution in [3.8, 4) is 5.88 Å². The minimum absolute atomic E-state index is 0.0741. The summed E-state index contributed by atoms with van der Waals surface area (Å²) >= 11 is 5.78. The van der Waals surface area contributed by atoms with E-state index in [9.17, 15) is 0 Å². The minimum atomic E-state index is 0.0741. The lowest BCUT2D eigenvalue weighted by atomic mass is 10.1. The SMILES string of the molecule is COc1nc(Cl)ccc1CCC1(N)CC1. The predicted molar refractivity (Wildman–Crippen MR) is 60.3 cm³/mol. The van der Waals surface area contributed by atoms with E-state index in [1.807, 2.05) is 6.07 Å². The van der Waals surface area contributed by atoms with Gasteiger partial charge in [0.1, 0.15) is 5.15 Å². The number of ether oxygens (including phenoxy) is 1. The van der Waals surface area contributed by atoms with Gasteiger partial charge in [0.05, 0.1) is 7.11 Å². The lowest BCUT2D eigenvalue weighted by molar-refractivity contribution is 0.391. The molecule has 1 fully saturated rings. The number of hydrogen-bond donors (Lipinski definition) is 1. The third-order valence-corrected chi connectivity index (χ3v) is 3.09. The van der Waals surface area contributed by atoms with Crippen LogP contribution in [0.25, 0.3) is 0 Å². The molecule has 1 aliphatic carbocycles. The highest BCUT2D eigenvalue weighted by Gasteiger charge is 2.37. The highest BCUT2D eigenvalue weighted by molar-refractivity contribution is 6.29. The van der Waals surface area contributed by atoms with Gasteiger partial charge in [-0.3, -0.25) is 0 Å². The first kappa shape index (κ1) is 10.7. The van der Waals surface area contributed by atoms with Crippen LogP contribution in [0.2, 0.25) is 5.15 Å². The van der Waals surface area contributed by atoms with E-state index in [4.69, 9.17) is 22.1 Å². The summed E-state index contributed by atoms with van der Waals surface area (Å²) in [5.74, 6) is 0.617. The van der Waals surface area contributed by atoms with Gasteiger partial charge in [-0.1, -0.05) is 17.7 Å². The second-order valence-electron chi connectivity index (χ2n) is 4.16. The molecule has 0 aliphatic heterocycles. The summed E-state index contributed by atoms with van der Waals surface area (Å²) in [5, 5.41) is 0.462. The van der Waals surface area contributed by atoms with Crippen LogP contribution in [0.4, 0.5) is 0 Å². The summed E-state index contributed by atoms with van der Waals surface area (Å²) in [6.07, 6.45) is 4.17. The Labute approximate surface area is 94.6 Å². The zero-order chi connectivity index (χ0) is 10.9. The number of aromatic nitrogens is 1. The smallest absolute Gasteiger partial charge is 0.217 e. The van der Waals surface area contributed by atoms with Gasteiger partial charge in [-0.05, 0) is 31.7 Å². The number of nitrogens with zero attached hydrogens (tertiary/aromatic N) is 1. The number of halogens is 1. The molecule has 1 aromatic heterocycles. The van der Waals surface area contributed by atoms with Gasteiger partial charge in [-0.25, -0.2) is 4.98 Å². The summed E-state index contributed by atoms with van der Waals surface area (Å²) < 4.78 is 5.18. The topological polar surface area (TPSA) is 48.1 Å². The molecule has 0 amide bonds. The fourth-order valence-electron chi connectivity index (χ4n) is 1.61. The molecule has 2 N–H and O–H groups in total. The number of aryl methyl sites for hydroxylation is 1. The van der Waals surface area contributed by atoms with E-state index in [0.717, 1.165) is 31.2 Å². The van der Waals surface area contributed by atoms with E-state index >= 15 is 0 Å². The van der Waals surface area contributed by atoms with E-state index in [2.05, 4.69) is 4.98 Å². The van der Waals surface area contributed by atoms with Crippen LogP contribution in [0.1, 0.15) is 24.8 Å². The van der Waals surface area contributed by atoms with Crippen LogP contribution in [0.3, 0.4) is 0 Å². The molecular weight excluding hydrogens is 212 g/mol. The third kappa shape index (κ3) is 2.61. The normalized spacial score (nSPS) is 17.5. The monoisotopic (exact) mass is 226 g/mol. The summed E-state index contributed by atoms with van der Waals surface area (Å²) in [7, 11) is 1.61. The predicted octanol–water partition coefficient (Wildman–Crippen LogP) is 2.17. The van der Waals surface area contributed by atoms with Crippen molar-refractivity contribution in [2.24, 2.45) is 5.73 Å². The molecular formula is C11H15ClN2O. The van der Waals surface area contributed by atoms with Gasteiger partial charge < -0.3 is 10.5 Å². The number of methoxy groups -OCH3 is 1. The maximum atomic E-state index is 6.03. The summed E-state index contributed by atoms with van der Waals surface area (Å²) in [6.45, 7) is 0. The van der Waals surface area contributed by atoms with Crippen LogP contribution in [0, 0.1) is 0 Å². The van der Waals surface area contributed by atoms with Gasteiger partial charge in [-0.2, -0.15) is 0 Å². The van der Waals surface area contributed by atoms with Crippen LogP contribution in [0.5, 0.6) is 5.88 Å². The van der Waals surface area contributed by atoms with Gasteiger partial charge in [0, 0.05) is 11.1 Å². The Hall–Kier alpha value is -0.800. The molecule has 15 heavy (non-hydrogen) atoms. The Morgan fingerprint density at radius 3 is 2.87 bits per heavy atom. The average Bonchev–Trinajstić information content (AvgIpc) is 2.95. The Morgan fingerprint density at radius 2 is 2.27 bits per heavy atom. The molecule has 0 radical (unpaired) electrons. The first-order valence-corrected chi connectivity index (χ1v) is 5.49. The van der Waals surface area contributed by atoms with Crippen molar-refractivity contribution in [2.75, 3.05) is 7.11 Å². The highest BCUT2D eigenvalue weighted by atomic mass is 35.5. The minimum Gasteiger partial charge on any atom is -0.481 e. The van der Waals surface area contributed by atoms with Crippen LogP contribution >= 0.6 is 11.6 Å². The van der Waals surface area contributed by atoms with E-state index in [-0.39, 0.29) is 5.54 Å². The zero-order valence-electron chi connectivity index (χ0n) is 8.79. The first-order chi connectivity index (χ1) is 7.13. The van der Waals surface area contributed by atoms with Gasteiger partial charge >= 0.3 is 0 Å². The van der Waals surface area contributed by atoms with Gasteiger partial charge in [0.2, 0.25) is 5.88 Å². The highest BCUT2D eigenvalue weighted by Crippen LogP contribution is 2.37. The van der Waals surface area contributed by atoms with E-state index in [0.29, 0.717) is 11.0 Å². The fourth-order valence-corrected chi connectivity index (χ4v) is 1.75. The number of pyridine rings is 1. The molecule has 0 spiro atoms. The van der Waals surface area contributed by atoms with E-state index < -0.39 is 0 Å². The quantitative estimate of drug-likeness (QED) is 0.801. The Morgan fingerprint density at radius 1 is 1.53 bits per heavy atom. The van der Waals surface area contributed by atoms with Crippen molar-refractivity contribution in [3.63, 3.8) is 0 Å². The van der Waals surface area contributed by atoms with Gasteiger partial charge in [0.15, 0.2) is 0 Å². The molecule has 0 bridgehead atoms. The number of rotatable bonds is 4. The average molecular weight is 227 g/mol. The fraction of sp³-hybridized carbons (Fsp3) is 0.545. The van der Waals surface area contributed by atoms with Crippen molar-refractivity contribution >= 4 is 11.6 Å². The molecule has 1 aromatic rings. The molecule has 1 aliphatic rings. The zero-order valence-corrected chi connectivity index (χ0v) is 9.55. The molecule has 3 nitrogen and oxygen atoms in total. The molecule has 4 heteroatoms. The molecule has 0 unspecified atom stereocenters. The van der Waals surface area contributed by atoms with Gasteiger partial charge in [0.25, 0.3) is 0 Å². The van der Waals surface area contributed by atoms with Crippen molar-refractivity contribution < 1.29 is 4.74 Å². The number of hydrogen-bond acceptors (Lipinski definition) is 3. The second-order valence-corrected chi connectivity index (χ2v) is 4.55. The van der Waals surface area contributed by atoms with Crippen molar-refractivity contribution in [3.05, 3.63) is 22.8 Å². The third-order valence-electron chi connectivity index (χ3n) is 2.88. The summed E-state index contributed by atoms with van der Waals surface area (Å²) in [4.78, 5) is 4.12. The lowest BCUT2D eigenvalue weighted by Crippen LogP contribution is -2.22. The molecule has 0 atom stereocenters. The standard InChI is InChI=1S/C11H15ClN2O/c1-15-10-8(2-3-9(12)14-10)4-5-11(13)6-7-11/h2-3H,4-7,13H2,1H3. The lowest BCUT2D eigenvalue weighted by Gasteiger charge is -2.10. The molecule has 1 heterocycles. The number of nitrogens with two attached hydrogens (primary N) is 1. The van der Waals surface area contributed by atoms with Crippen LogP contribution in [0.15, 0.2) is 12.1 Å². The molecule has 0 aromatic carbocycles. The van der Waals surface area contributed by atoms with Gasteiger partial charge in [-0.15, -0.1) is 0 Å². The van der Waals surface area contributed by atoms with E-state index in [1.165, 1.54) is 0 Å². The molecule has 0 saturated heterocycles. The van der Waals surface area contributed by atoms with Crippen LogP contribution in [-0.2, 0) is 6.42 Å². The van der Waals surface area contributed by atoms with Crippen LogP contribution < -0.4 is 10.5 Å². The molecule has 2 rings (SSSR count). The second kappa shape index (κ2) is 3.99. The Balaban J connectivity index is 2.06.